The molecule has 21 heavy (non-hydrogen) atoms. The van der Waals surface area contributed by atoms with E-state index in [1.807, 2.05) is 60.7 Å². The average Bonchev–Trinajstić information content (AvgIpc) is 3.08. The van der Waals surface area contributed by atoms with Crippen LogP contribution in [0.15, 0.2) is 88.2 Å². The van der Waals surface area contributed by atoms with E-state index in [-0.39, 0.29) is 0 Å². The summed E-state index contributed by atoms with van der Waals surface area (Å²) >= 11 is 0. The van der Waals surface area contributed by atoms with Crippen LogP contribution in [-0.2, 0) is 4.57 Å². The molecule has 0 bridgehead atoms. The summed E-state index contributed by atoms with van der Waals surface area (Å²) in [4.78, 5) is 0. The minimum Gasteiger partial charge on any atom is -0.463 e. The molecule has 0 N–H and O–H groups in total. The molecule has 3 rings (SSSR count). The monoisotopic (exact) mass is 295 g/mol. The lowest BCUT2D eigenvalue weighted by Gasteiger charge is -2.13. The maximum absolute atomic E-state index is 13.5. The van der Waals surface area contributed by atoms with E-state index in [1.54, 1.807) is 18.4 Å². The Bertz CT molecular complexity index is 722. The summed E-state index contributed by atoms with van der Waals surface area (Å²) in [6.07, 6.45) is 3.10. The van der Waals surface area contributed by atoms with Gasteiger partial charge in [0.15, 0.2) is 0 Å². The fourth-order valence-electron chi connectivity index (χ4n) is 2.05. The smallest absolute Gasteiger partial charge is 0.247 e. The fraction of sp³-hybridized carbons (Fsp3) is 0. The van der Waals surface area contributed by atoms with E-state index in [4.69, 9.17) is 4.42 Å². The van der Waals surface area contributed by atoms with Crippen LogP contribution in [-0.4, -0.2) is 6.21 Å². The Kier molecular flexibility index (Phi) is 3.85. The molecule has 0 amide bonds. The topological polar surface area (TPSA) is 42.6 Å². The minimum absolute atomic E-state index is 0.585. The van der Waals surface area contributed by atoms with E-state index in [0.29, 0.717) is 16.4 Å². The summed E-state index contributed by atoms with van der Waals surface area (Å²) in [5, 5.41) is 1.41. The van der Waals surface area contributed by atoms with Gasteiger partial charge in [0, 0.05) is 10.6 Å². The number of hydrogen-bond acceptors (Lipinski definition) is 2. The van der Waals surface area contributed by atoms with Crippen LogP contribution in [0.25, 0.3) is 0 Å². The van der Waals surface area contributed by atoms with Gasteiger partial charge in [-0.15, -0.1) is 0 Å². The molecule has 1 heterocycles. The van der Waals surface area contributed by atoms with Gasteiger partial charge in [-0.25, -0.2) is 4.76 Å². The molecule has 0 unspecified atom stereocenters. The summed E-state index contributed by atoms with van der Waals surface area (Å²) < 4.78 is 23.1. The highest BCUT2D eigenvalue weighted by atomic mass is 31.2. The number of benzene rings is 2. The van der Waals surface area contributed by atoms with Crippen LogP contribution in [0.1, 0.15) is 5.76 Å². The van der Waals surface area contributed by atoms with Gasteiger partial charge in [-0.2, -0.15) is 0 Å². The van der Waals surface area contributed by atoms with Crippen molar-refractivity contribution in [2.45, 2.75) is 0 Å². The second-order valence-electron chi connectivity index (χ2n) is 4.51. The molecule has 0 aliphatic carbocycles. The molecule has 0 saturated carbocycles. The number of nitrogens with zero attached hydrogens (tertiary/aromatic N) is 1. The first-order chi connectivity index (χ1) is 10.3. The molecule has 1 aromatic heterocycles. The predicted molar refractivity (Wildman–Crippen MR) is 86.1 cm³/mol. The van der Waals surface area contributed by atoms with Gasteiger partial charge in [-0.05, 0) is 36.4 Å². The first kappa shape index (κ1) is 13.6. The summed E-state index contributed by atoms with van der Waals surface area (Å²) in [7, 11) is -3.06. The molecule has 4 heteroatoms. The van der Waals surface area contributed by atoms with Crippen molar-refractivity contribution in [2.24, 2.45) is 4.76 Å². The summed E-state index contributed by atoms with van der Waals surface area (Å²) in [6, 6.07) is 22.2. The van der Waals surface area contributed by atoms with Gasteiger partial charge in [-0.1, -0.05) is 36.4 Å². The van der Waals surface area contributed by atoms with Crippen molar-refractivity contribution < 1.29 is 8.98 Å². The number of rotatable bonds is 4. The third-order valence-corrected chi connectivity index (χ3v) is 5.54. The molecule has 0 atom stereocenters. The first-order valence-corrected chi connectivity index (χ1v) is 8.25. The van der Waals surface area contributed by atoms with Crippen LogP contribution >= 0.6 is 7.29 Å². The molecule has 0 aliphatic heterocycles. The van der Waals surface area contributed by atoms with E-state index >= 15 is 0 Å². The van der Waals surface area contributed by atoms with E-state index < -0.39 is 7.29 Å². The Labute approximate surface area is 123 Å². The highest BCUT2D eigenvalue weighted by Gasteiger charge is 2.25. The van der Waals surface area contributed by atoms with Crippen LogP contribution in [0.5, 0.6) is 0 Å². The first-order valence-electron chi connectivity index (χ1n) is 6.59. The highest BCUT2D eigenvalue weighted by Crippen LogP contribution is 2.44. The summed E-state index contributed by atoms with van der Waals surface area (Å²) in [5.41, 5.74) is 0. The molecule has 3 nitrogen and oxygen atoms in total. The van der Waals surface area contributed by atoms with Gasteiger partial charge < -0.3 is 4.42 Å². The van der Waals surface area contributed by atoms with Gasteiger partial charge >= 0.3 is 0 Å². The van der Waals surface area contributed by atoms with Crippen LogP contribution in [0.4, 0.5) is 0 Å². The Morgan fingerprint density at radius 1 is 0.810 bits per heavy atom. The third kappa shape index (κ3) is 2.88. The average molecular weight is 295 g/mol. The Morgan fingerprint density at radius 3 is 1.86 bits per heavy atom. The Balaban J connectivity index is 2.10. The highest BCUT2D eigenvalue weighted by molar-refractivity contribution is 7.77. The van der Waals surface area contributed by atoms with Gasteiger partial charge in [0.1, 0.15) is 5.76 Å². The second-order valence-corrected chi connectivity index (χ2v) is 6.92. The zero-order valence-corrected chi connectivity index (χ0v) is 12.2. The molecule has 0 fully saturated rings. The molecule has 2 aromatic carbocycles. The Hall–Kier alpha value is -2.38. The van der Waals surface area contributed by atoms with Crippen molar-refractivity contribution in [3.05, 3.63) is 84.8 Å². The van der Waals surface area contributed by atoms with Crippen molar-refractivity contribution in [1.82, 2.24) is 0 Å². The van der Waals surface area contributed by atoms with Crippen LogP contribution in [0.2, 0.25) is 0 Å². The van der Waals surface area contributed by atoms with E-state index in [0.717, 1.165) is 0 Å². The van der Waals surface area contributed by atoms with Crippen molar-refractivity contribution in [3.8, 4) is 0 Å². The lowest BCUT2D eigenvalue weighted by atomic mass is 10.4. The molecular weight excluding hydrogens is 281 g/mol. The van der Waals surface area contributed by atoms with Gasteiger partial charge in [0.2, 0.25) is 7.29 Å². The standard InChI is InChI=1S/C17H14NO2P/c19-21(16-9-3-1-4-10-16,17-11-5-2-6-12-17)18-14-15-8-7-13-20-15/h1-14H/b18-14+. The van der Waals surface area contributed by atoms with Gasteiger partial charge in [0.05, 0.1) is 12.5 Å². The SMILES string of the molecule is O=P(/N=C/c1ccco1)(c1ccccc1)c1ccccc1. The van der Waals surface area contributed by atoms with Gasteiger partial charge in [0.25, 0.3) is 0 Å². The zero-order chi connectivity index (χ0) is 14.5. The molecule has 3 aromatic rings. The molecule has 0 spiro atoms. The number of furan rings is 1. The molecule has 0 saturated heterocycles. The summed E-state index contributed by atoms with van der Waals surface area (Å²) in [5.74, 6) is 0.585. The van der Waals surface area contributed by atoms with Gasteiger partial charge in [-0.3, -0.25) is 4.57 Å². The van der Waals surface area contributed by atoms with Crippen molar-refractivity contribution in [1.29, 1.82) is 0 Å². The van der Waals surface area contributed by atoms with E-state index in [1.165, 1.54) is 6.21 Å². The fourth-order valence-corrected chi connectivity index (χ4v) is 4.04. The zero-order valence-electron chi connectivity index (χ0n) is 11.3. The lowest BCUT2D eigenvalue weighted by molar-refractivity contribution is 0.560. The minimum atomic E-state index is -3.06. The van der Waals surface area contributed by atoms with Crippen LogP contribution in [0.3, 0.4) is 0 Å². The van der Waals surface area contributed by atoms with Crippen molar-refractivity contribution >= 4 is 24.1 Å². The van der Waals surface area contributed by atoms with E-state index in [9.17, 15) is 4.57 Å². The molecular formula is C17H14NO2P. The van der Waals surface area contributed by atoms with E-state index in [2.05, 4.69) is 4.76 Å². The largest absolute Gasteiger partial charge is 0.463 e. The quantitative estimate of drug-likeness (QED) is 0.545. The Morgan fingerprint density at radius 2 is 1.38 bits per heavy atom. The van der Waals surface area contributed by atoms with Crippen molar-refractivity contribution in [2.75, 3.05) is 0 Å². The maximum Gasteiger partial charge on any atom is 0.247 e. The maximum atomic E-state index is 13.5. The van der Waals surface area contributed by atoms with Crippen molar-refractivity contribution in [3.63, 3.8) is 0 Å². The van der Waals surface area contributed by atoms with Crippen LogP contribution < -0.4 is 10.6 Å². The normalized spacial score (nSPS) is 11.8. The molecule has 0 radical (unpaired) electrons. The molecule has 0 aliphatic rings. The predicted octanol–water partition coefficient (Wildman–Crippen LogP) is 3.63. The van der Waals surface area contributed by atoms with Crippen LogP contribution in [0, 0.1) is 0 Å². The third-order valence-electron chi connectivity index (χ3n) is 3.10. The summed E-state index contributed by atoms with van der Waals surface area (Å²) in [6.45, 7) is 0. The lowest BCUT2D eigenvalue weighted by Crippen LogP contribution is -2.14. The number of hydrogen-bond donors (Lipinski definition) is 0. The second kappa shape index (κ2) is 5.94. The molecule has 104 valence electrons.